The van der Waals surface area contributed by atoms with Crippen LogP contribution in [0.2, 0.25) is 0 Å². The molecule has 0 aliphatic heterocycles. The molecule has 0 radical (unpaired) electrons. The van der Waals surface area contributed by atoms with Crippen LogP contribution >= 0.6 is 0 Å². The number of benzene rings is 1. The fraction of sp³-hybridized carbons (Fsp3) is 0.316. The first kappa shape index (κ1) is 14.8. The summed E-state index contributed by atoms with van der Waals surface area (Å²) in [6, 6.07) is 15.1. The van der Waals surface area contributed by atoms with Gasteiger partial charge in [0, 0.05) is 24.2 Å². The minimum atomic E-state index is 0.643. The fourth-order valence-electron chi connectivity index (χ4n) is 2.99. The van der Waals surface area contributed by atoms with Crippen molar-refractivity contribution in [2.75, 3.05) is 6.54 Å². The van der Waals surface area contributed by atoms with Crippen molar-refractivity contribution in [3.63, 3.8) is 0 Å². The highest BCUT2D eigenvalue weighted by Gasteiger charge is 2.13. The van der Waals surface area contributed by atoms with Gasteiger partial charge in [0.05, 0.1) is 5.69 Å². The van der Waals surface area contributed by atoms with Gasteiger partial charge in [0.2, 0.25) is 0 Å². The molecule has 0 saturated carbocycles. The first-order valence-electron chi connectivity index (χ1n) is 7.96. The van der Waals surface area contributed by atoms with Gasteiger partial charge >= 0.3 is 0 Å². The second kappa shape index (κ2) is 6.32. The molecule has 2 aromatic heterocycles. The monoisotopic (exact) mass is 293 g/mol. The van der Waals surface area contributed by atoms with Gasteiger partial charge in [-0.25, -0.2) is 4.98 Å². The summed E-state index contributed by atoms with van der Waals surface area (Å²) in [4.78, 5) is 4.84. The predicted octanol–water partition coefficient (Wildman–Crippen LogP) is 3.30. The smallest absolute Gasteiger partial charge is 0.137 e. The average molecular weight is 293 g/mol. The number of hydrogen-bond acceptors (Lipinski definition) is 2. The van der Waals surface area contributed by atoms with Crippen LogP contribution in [0.1, 0.15) is 35.1 Å². The first-order chi connectivity index (χ1) is 10.7. The van der Waals surface area contributed by atoms with Gasteiger partial charge in [-0.3, -0.25) is 0 Å². The zero-order chi connectivity index (χ0) is 15.5. The van der Waals surface area contributed by atoms with Crippen molar-refractivity contribution < 1.29 is 0 Å². The minimum Gasteiger partial charge on any atom is -0.330 e. The molecular weight excluding hydrogens is 270 g/mol. The largest absolute Gasteiger partial charge is 0.330 e. The molecule has 2 N–H and O–H groups in total. The number of nitrogens with zero attached hydrogens (tertiary/aromatic N) is 2. The highest BCUT2D eigenvalue weighted by Crippen LogP contribution is 2.19. The van der Waals surface area contributed by atoms with Crippen molar-refractivity contribution in [3.8, 4) is 0 Å². The van der Waals surface area contributed by atoms with Gasteiger partial charge in [-0.1, -0.05) is 37.3 Å². The van der Waals surface area contributed by atoms with E-state index in [-0.39, 0.29) is 0 Å². The molecule has 3 rings (SSSR count). The van der Waals surface area contributed by atoms with Gasteiger partial charge in [-0.05, 0) is 43.1 Å². The van der Waals surface area contributed by atoms with E-state index >= 15 is 0 Å². The van der Waals surface area contributed by atoms with E-state index in [1.54, 1.807) is 0 Å². The summed E-state index contributed by atoms with van der Waals surface area (Å²) in [7, 11) is 0. The van der Waals surface area contributed by atoms with Crippen LogP contribution in [0, 0.1) is 6.92 Å². The van der Waals surface area contributed by atoms with E-state index in [4.69, 9.17) is 10.7 Å². The van der Waals surface area contributed by atoms with Crippen LogP contribution in [0.25, 0.3) is 5.65 Å². The quantitative estimate of drug-likeness (QED) is 0.784. The molecule has 0 spiro atoms. The van der Waals surface area contributed by atoms with Crippen LogP contribution in [0.4, 0.5) is 0 Å². The van der Waals surface area contributed by atoms with Crippen molar-refractivity contribution in [2.45, 2.75) is 33.1 Å². The number of hydrogen-bond donors (Lipinski definition) is 1. The summed E-state index contributed by atoms with van der Waals surface area (Å²) in [5, 5.41) is 0. The molecule has 0 amide bonds. The Bertz CT molecular complexity index is 769. The molecule has 114 valence electrons. The van der Waals surface area contributed by atoms with Crippen molar-refractivity contribution in [2.24, 2.45) is 5.73 Å². The molecule has 3 heteroatoms. The molecule has 2 heterocycles. The second-order valence-electron chi connectivity index (χ2n) is 5.75. The number of aryl methyl sites for hydroxylation is 2. The van der Waals surface area contributed by atoms with Crippen LogP contribution in [-0.4, -0.2) is 15.9 Å². The third kappa shape index (κ3) is 2.77. The van der Waals surface area contributed by atoms with Crippen LogP contribution in [0.5, 0.6) is 0 Å². The number of pyridine rings is 1. The second-order valence-corrected chi connectivity index (χ2v) is 5.75. The predicted molar refractivity (Wildman–Crippen MR) is 91.3 cm³/mol. The van der Waals surface area contributed by atoms with E-state index in [1.165, 1.54) is 22.5 Å². The third-order valence-corrected chi connectivity index (χ3v) is 4.20. The maximum Gasteiger partial charge on any atom is 0.137 e. The Labute approximate surface area is 131 Å². The molecule has 3 aromatic rings. The number of imidazole rings is 1. The molecular formula is C19H23N3. The van der Waals surface area contributed by atoms with E-state index in [0.29, 0.717) is 6.54 Å². The van der Waals surface area contributed by atoms with Crippen LogP contribution in [0.3, 0.4) is 0 Å². The zero-order valence-corrected chi connectivity index (χ0v) is 13.3. The zero-order valence-electron chi connectivity index (χ0n) is 13.3. The van der Waals surface area contributed by atoms with Crippen molar-refractivity contribution >= 4 is 5.65 Å². The van der Waals surface area contributed by atoms with Gasteiger partial charge in [0.25, 0.3) is 0 Å². The Morgan fingerprint density at radius 2 is 1.77 bits per heavy atom. The van der Waals surface area contributed by atoms with Gasteiger partial charge in [-0.15, -0.1) is 0 Å². The first-order valence-corrected chi connectivity index (χ1v) is 7.96. The lowest BCUT2D eigenvalue weighted by Crippen LogP contribution is -2.08. The summed E-state index contributed by atoms with van der Waals surface area (Å²) in [5.41, 5.74) is 13.1. The van der Waals surface area contributed by atoms with Gasteiger partial charge in [0.1, 0.15) is 5.65 Å². The van der Waals surface area contributed by atoms with E-state index in [1.807, 2.05) is 0 Å². The summed E-state index contributed by atoms with van der Waals surface area (Å²) >= 11 is 0. The number of aromatic nitrogens is 2. The average Bonchev–Trinajstić information content (AvgIpc) is 2.87. The molecule has 3 nitrogen and oxygen atoms in total. The third-order valence-electron chi connectivity index (χ3n) is 4.20. The molecule has 0 saturated heterocycles. The molecule has 0 fully saturated rings. The lowest BCUT2D eigenvalue weighted by Gasteiger charge is -2.07. The van der Waals surface area contributed by atoms with E-state index in [9.17, 15) is 0 Å². The maximum atomic E-state index is 5.82. The van der Waals surface area contributed by atoms with Crippen molar-refractivity contribution in [1.29, 1.82) is 0 Å². The van der Waals surface area contributed by atoms with E-state index in [2.05, 4.69) is 60.7 Å². The Morgan fingerprint density at radius 3 is 2.45 bits per heavy atom. The normalized spacial score (nSPS) is 11.2. The summed E-state index contributed by atoms with van der Waals surface area (Å²) in [6.07, 6.45) is 2.79. The van der Waals surface area contributed by atoms with E-state index < -0.39 is 0 Å². The van der Waals surface area contributed by atoms with Crippen molar-refractivity contribution in [3.05, 3.63) is 70.7 Å². The Morgan fingerprint density at radius 1 is 1.05 bits per heavy atom. The van der Waals surface area contributed by atoms with Gasteiger partial charge in [0.15, 0.2) is 0 Å². The Hall–Kier alpha value is -2.13. The molecule has 0 atom stereocenters. The number of rotatable bonds is 5. The molecule has 0 aliphatic carbocycles. The molecule has 0 aliphatic rings. The lowest BCUT2D eigenvalue weighted by molar-refractivity contribution is 0.869. The Kier molecular flexibility index (Phi) is 4.25. The molecule has 22 heavy (non-hydrogen) atoms. The summed E-state index contributed by atoms with van der Waals surface area (Å²) in [5.74, 6) is 0. The topological polar surface area (TPSA) is 43.3 Å². The molecule has 0 unspecified atom stereocenters. The van der Waals surface area contributed by atoms with Crippen LogP contribution in [0.15, 0.2) is 42.5 Å². The summed E-state index contributed by atoms with van der Waals surface area (Å²) < 4.78 is 2.24. The number of nitrogens with two attached hydrogens (primary N) is 1. The fourth-order valence-corrected chi connectivity index (χ4v) is 2.99. The molecule has 0 bridgehead atoms. The number of fused-ring (bicyclic) bond motifs is 1. The minimum absolute atomic E-state index is 0.643. The SMILES string of the molecule is CCc1ccc(Cc2nc3cccc(C)n3c2CCN)cc1. The van der Waals surface area contributed by atoms with Crippen LogP contribution in [-0.2, 0) is 19.3 Å². The lowest BCUT2D eigenvalue weighted by atomic mass is 10.0. The highest BCUT2D eigenvalue weighted by molar-refractivity contribution is 5.46. The highest BCUT2D eigenvalue weighted by atomic mass is 15.0. The Balaban J connectivity index is 2.01. The maximum absolute atomic E-state index is 5.82. The van der Waals surface area contributed by atoms with Crippen LogP contribution < -0.4 is 5.73 Å². The van der Waals surface area contributed by atoms with Gasteiger partial charge in [-0.2, -0.15) is 0 Å². The van der Waals surface area contributed by atoms with Gasteiger partial charge < -0.3 is 10.1 Å². The summed E-state index contributed by atoms with van der Waals surface area (Å²) in [6.45, 7) is 4.94. The standard InChI is InChI=1S/C19H23N3/c1-3-15-7-9-16(10-8-15)13-17-18(11-12-20)22-14(2)5-4-6-19(22)21-17/h4-10H,3,11-13,20H2,1-2H3. The molecule has 1 aromatic carbocycles. The van der Waals surface area contributed by atoms with E-state index in [0.717, 1.165) is 30.6 Å². The van der Waals surface area contributed by atoms with Crippen molar-refractivity contribution in [1.82, 2.24) is 9.38 Å².